The SMILES string of the molecule is O=C(NS(=O)[O-])NS(=O)[O-]. The van der Waals surface area contributed by atoms with Gasteiger partial charge in [-0.05, 0) is 0 Å². The molecule has 0 saturated heterocycles. The van der Waals surface area contributed by atoms with Crippen molar-refractivity contribution in [3.05, 3.63) is 0 Å². The zero-order valence-corrected chi connectivity index (χ0v) is 5.99. The van der Waals surface area contributed by atoms with Crippen molar-refractivity contribution < 1.29 is 22.3 Å². The average molecular weight is 186 g/mol. The van der Waals surface area contributed by atoms with Crippen LogP contribution >= 0.6 is 0 Å². The minimum Gasteiger partial charge on any atom is -0.755 e. The molecule has 0 saturated carbocycles. The molecule has 0 aliphatic heterocycles. The third-order valence-electron chi connectivity index (χ3n) is 0.352. The molecular formula is CH2N2O5S2-2. The van der Waals surface area contributed by atoms with E-state index in [9.17, 15) is 22.3 Å². The molecule has 2 atom stereocenters. The van der Waals surface area contributed by atoms with Crippen LogP contribution in [0.3, 0.4) is 0 Å². The Morgan fingerprint density at radius 3 is 1.60 bits per heavy atom. The molecule has 0 radical (unpaired) electrons. The van der Waals surface area contributed by atoms with Crippen molar-refractivity contribution in [2.24, 2.45) is 0 Å². The molecule has 2 amide bonds. The van der Waals surface area contributed by atoms with E-state index < -0.39 is 28.6 Å². The Hall–Kier alpha value is -0.510. The van der Waals surface area contributed by atoms with Gasteiger partial charge in [-0.1, -0.05) is 0 Å². The van der Waals surface area contributed by atoms with Crippen LogP contribution in [0.4, 0.5) is 4.79 Å². The molecule has 0 aromatic carbocycles. The number of hydrogen-bond acceptors (Lipinski definition) is 5. The number of amides is 2. The van der Waals surface area contributed by atoms with Crippen molar-refractivity contribution in [3.63, 3.8) is 0 Å². The Balaban J connectivity index is 3.65. The minimum absolute atomic E-state index is 1.25. The molecule has 0 bridgehead atoms. The highest BCUT2D eigenvalue weighted by atomic mass is 32.2. The molecule has 0 aromatic heterocycles. The third kappa shape index (κ3) is 5.62. The van der Waals surface area contributed by atoms with Gasteiger partial charge in [-0.15, -0.1) is 0 Å². The second kappa shape index (κ2) is 4.33. The molecule has 0 aliphatic carbocycles. The van der Waals surface area contributed by atoms with Gasteiger partial charge in [0.25, 0.3) is 0 Å². The molecule has 0 rings (SSSR count). The summed E-state index contributed by atoms with van der Waals surface area (Å²) >= 11 is -5.59. The van der Waals surface area contributed by atoms with E-state index in [1.54, 1.807) is 0 Å². The summed E-state index contributed by atoms with van der Waals surface area (Å²) in [7, 11) is 0. The number of carbonyl (C=O) groups excluding carboxylic acids is 1. The molecule has 2 N–H and O–H groups in total. The average Bonchev–Trinajstić information content (AvgIpc) is 1.58. The molecule has 0 spiro atoms. The van der Waals surface area contributed by atoms with Crippen LogP contribution in [0, 0.1) is 0 Å². The van der Waals surface area contributed by atoms with Crippen LogP contribution in [0.25, 0.3) is 0 Å². The first-order valence-electron chi connectivity index (χ1n) is 1.78. The number of carbonyl (C=O) groups is 1. The molecule has 0 aliphatic rings. The molecule has 0 heterocycles. The van der Waals surface area contributed by atoms with E-state index in [2.05, 4.69) is 0 Å². The summed E-state index contributed by atoms with van der Waals surface area (Å²) in [6.07, 6.45) is 0. The highest BCUT2D eigenvalue weighted by molar-refractivity contribution is 7.79. The van der Waals surface area contributed by atoms with Crippen LogP contribution in [0.5, 0.6) is 0 Å². The van der Waals surface area contributed by atoms with Crippen molar-refractivity contribution in [2.75, 3.05) is 0 Å². The number of hydrogen-bond donors (Lipinski definition) is 2. The first-order chi connectivity index (χ1) is 4.52. The van der Waals surface area contributed by atoms with Gasteiger partial charge < -0.3 is 9.11 Å². The molecular weight excluding hydrogens is 184 g/mol. The Morgan fingerprint density at radius 1 is 1.10 bits per heavy atom. The van der Waals surface area contributed by atoms with Crippen molar-refractivity contribution in [1.82, 2.24) is 9.44 Å². The standard InChI is InChI=1S/CH4N2O5S2/c4-1(2-9(5)6)3-10(7)8/h(H,5,6)(H,7,8)(H2,2,3,4)/p-2. The summed E-state index contributed by atoms with van der Waals surface area (Å²) in [5.74, 6) is 0. The summed E-state index contributed by atoms with van der Waals surface area (Å²) in [6, 6.07) is -1.32. The van der Waals surface area contributed by atoms with Crippen LogP contribution in [-0.4, -0.2) is 23.6 Å². The van der Waals surface area contributed by atoms with Crippen LogP contribution in [0.15, 0.2) is 0 Å². The molecule has 7 nitrogen and oxygen atoms in total. The monoisotopic (exact) mass is 186 g/mol. The fourth-order valence-corrected chi connectivity index (χ4v) is 0.642. The Morgan fingerprint density at radius 2 is 1.40 bits per heavy atom. The predicted octanol–water partition coefficient (Wildman–Crippen LogP) is -2.13. The molecule has 0 aromatic rings. The maximum absolute atomic E-state index is 10.1. The van der Waals surface area contributed by atoms with Gasteiger partial charge in [0.1, 0.15) is 0 Å². The zero-order valence-electron chi connectivity index (χ0n) is 4.36. The second-order valence-electron chi connectivity index (χ2n) is 1.00. The van der Waals surface area contributed by atoms with Gasteiger partial charge in [-0.25, -0.2) is 4.79 Å². The van der Waals surface area contributed by atoms with E-state index in [1.807, 2.05) is 0 Å². The fourth-order valence-electron chi connectivity index (χ4n) is 0.172. The van der Waals surface area contributed by atoms with Crippen molar-refractivity contribution >= 4 is 28.6 Å². The number of rotatable bonds is 2. The first kappa shape index (κ1) is 9.49. The lowest BCUT2D eigenvalue weighted by Crippen LogP contribution is -2.37. The summed E-state index contributed by atoms with van der Waals surface area (Å²) in [5.41, 5.74) is 0. The van der Waals surface area contributed by atoms with Crippen LogP contribution in [0.1, 0.15) is 0 Å². The fraction of sp³-hybridized carbons (Fsp3) is 0. The normalized spacial score (nSPS) is 15.4. The molecule has 10 heavy (non-hydrogen) atoms. The van der Waals surface area contributed by atoms with E-state index >= 15 is 0 Å². The molecule has 2 unspecified atom stereocenters. The highest BCUT2D eigenvalue weighted by Crippen LogP contribution is 1.68. The third-order valence-corrected chi connectivity index (χ3v) is 1.06. The summed E-state index contributed by atoms with van der Waals surface area (Å²) in [6.45, 7) is 0. The zero-order chi connectivity index (χ0) is 8.15. The lowest BCUT2D eigenvalue weighted by Gasteiger charge is -2.09. The topological polar surface area (TPSA) is 121 Å². The van der Waals surface area contributed by atoms with Crippen LogP contribution in [-0.2, 0) is 22.5 Å². The minimum atomic E-state index is -2.80. The number of nitrogens with one attached hydrogen (secondary N) is 2. The lowest BCUT2D eigenvalue weighted by molar-refractivity contribution is 0.250. The van der Waals surface area contributed by atoms with Gasteiger partial charge in [0.2, 0.25) is 0 Å². The van der Waals surface area contributed by atoms with Crippen LogP contribution < -0.4 is 9.44 Å². The molecule has 0 fully saturated rings. The van der Waals surface area contributed by atoms with Gasteiger partial charge in [-0.2, -0.15) is 0 Å². The van der Waals surface area contributed by atoms with Gasteiger partial charge >= 0.3 is 6.03 Å². The summed E-state index contributed by atoms with van der Waals surface area (Å²) < 4.78 is 41.0. The quantitative estimate of drug-likeness (QED) is 0.477. The summed E-state index contributed by atoms with van der Waals surface area (Å²) in [5, 5.41) is 0. The smallest absolute Gasteiger partial charge is 0.336 e. The Labute approximate surface area is 61.0 Å². The van der Waals surface area contributed by atoms with Crippen LogP contribution in [0.2, 0.25) is 0 Å². The van der Waals surface area contributed by atoms with Crippen molar-refractivity contribution in [1.29, 1.82) is 0 Å². The molecule has 60 valence electrons. The maximum atomic E-state index is 10.1. The van der Waals surface area contributed by atoms with E-state index in [1.165, 1.54) is 9.44 Å². The lowest BCUT2D eigenvalue weighted by atomic mass is 11.2. The predicted molar refractivity (Wildman–Crippen MR) is 29.5 cm³/mol. The molecule has 9 heteroatoms. The number of urea groups is 1. The van der Waals surface area contributed by atoms with Gasteiger partial charge in [-0.3, -0.25) is 17.9 Å². The van der Waals surface area contributed by atoms with Gasteiger partial charge in [0, 0.05) is 22.5 Å². The maximum Gasteiger partial charge on any atom is 0.336 e. The summed E-state index contributed by atoms with van der Waals surface area (Å²) in [4.78, 5) is 10.1. The van der Waals surface area contributed by atoms with Gasteiger partial charge in [0.15, 0.2) is 0 Å². The van der Waals surface area contributed by atoms with E-state index in [0.717, 1.165) is 0 Å². The van der Waals surface area contributed by atoms with E-state index in [4.69, 9.17) is 0 Å². The Kier molecular flexibility index (Phi) is 4.11. The van der Waals surface area contributed by atoms with Gasteiger partial charge in [0.05, 0.1) is 0 Å². The van der Waals surface area contributed by atoms with E-state index in [0.29, 0.717) is 0 Å². The second-order valence-corrected chi connectivity index (χ2v) is 2.35. The van der Waals surface area contributed by atoms with Crippen molar-refractivity contribution in [2.45, 2.75) is 0 Å². The van der Waals surface area contributed by atoms with Crippen molar-refractivity contribution in [3.8, 4) is 0 Å². The highest BCUT2D eigenvalue weighted by Gasteiger charge is 1.95. The Bertz CT molecular complexity index is 160. The first-order valence-corrected chi connectivity index (χ1v) is 3.93. The van der Waals surface area contributed by atoms with E-state index in [-0.39, 0.29) is 0 Å². The largest absolute Gasteiger partial charge is 0.755 e.